The molecule has 0 aliphatic heterocycles. The predicted octanol–water partition coefficient (Wildman–Crippen LogP) is -0.901. The molecule has 0 spiro atoms. The normalized spacial score (nSPS) is 10.7. The lowest BCUT2D eigenvalue weighted by atomic mass is 10.2. The van der Waals surface area contributed by atoms with E-state index in [9.17, 15) is 13.2 Å². The van der Waals surface area contributed by atoms with Gasteiger partial charge in [0.2, 0.25) is 5.91 Å². The van der Waals surface area contributed by atoms with Gasteiger partial charge in [0.05, 0.1) is 17.7 Å². The third-order valence-corrected chi connectivity index (χ3v) is 3.70. The number of unbranched alkanes of at least 4 members (excludes halogenated alkanes) is 1. The second-order valence-electron chi connectivity index (χ2n) is 4.33. The Balaban J connectivity index is 0.00000400. The first-order valence-electron chi connectivity index (χ1n) is 6.25. The number of anilines is 1. The molecule has 0 saturated carbocycles. The molecule has 1 aromatic rings. The number of hydrogen-bond acceptors (Lipinski definition) is 4. The van der Waals surface area contributed by atoms with Crippen LogP contribution in [0, 0.1) is 0 Å². The summed E-state index contributed by atoms with van der Waals surface area (Å²) in [7, 11) is -2.89. The molecule has 0 saturated heterocycles. The molecule has 1 aromatic carbocycles. The molecule has 0 unspecified atom stereocenters. The van der Waals surface area contributed by atoms with Crippen LogP contribution in [0.15, 0.2) is 23.1 Å². The Hall–Kier alpha value is -1.31. The zero-order valence-electron chi connectivity index (χ0n) is 12.2. The molecule has 0 aromatic heterocycles. The first-order chi connectivity index (χ1) is 9.31. The van der Waals surface area contributed by atoms with Crippen molar-refractivity contribution in [2.75, 3.05) is 18.6 Å². The molecule has 1 rings (SSSR count). The fraction of sp³-hybridized carbons (Fsp3) is 0.462. The monoisotopic (exact) mass is 336 g/mol. The van der Waals surface area contributed by atoms with Crippen LogP contribution in [-0.2, 0) is 14.9 Å². The van der Waals surface area contributed by atoms with Crippen LogP contribution >= 0.6 is 0 Å². The van der Waals surface area contributed by atoms with Gasteiger partial charge in [0.15, 0.2) is 0 Å². The quantitative estimate of drug-likeness (QED) is 0.681. The Bertz CT molecular complexity index is 588. The highest BCUT2D eigenvalue weighted by Gasteiger charge is 2.19. The molecule has 0 atom stereocenters. The van der Waals surface area contributed by atoms with Crippen LogP contribution in [-0.4, -0.2) is 32.5 Å². The molecule has 8 heteroatoms. The molecular formula is C13H19ClNO5S-. The van der Waals surface area contributed by atoms with E-state index < -0.39 is 10.1 Å². The average Bonchev–Trinajstić information content (AvgIpc) is 2.37. The highest BCUT2D eigenvalue weighted by Crippen LogP contribution is 2.31. The van der Waals surface area contributed by atoms with E-state index >= 15 is 0 Å². The lowest BCUT2D eigenvalue weighted by molar-refractivity contribution is -0.116. The van der Waals surface area contributed by atoms with Crippen molar-refractivity contribution in [2.45, 2.75) is 31.6 Å². The molecule has 21 heavy (non-hydrogen) atoms. The third-order valence-electron chi connectivity index (χ3n) is 2.85. The number of benzene rings is 1. The number of halogens is 1. The zero-order valence-corrected chi connectivity index (χ0v) is 13.7. The summed E-state index contributed by atoms with van der Waals surface area (Å²) in [6, 6.07) is 3.89. The minimum absolute atomic E-state index is 0. The summed E-state index contributed by atoms with van der Waals surface area (Å²) in [5.74, 6) is 0.160. The lowest BCUT2D eigenvalue weighted by Gasteiger charge is -2.23. The molecule has 0 fully saturated rings. The smallest absolute Gasteiger partial charge is 0.294 e. The van der Waals surface area contributed by atoms with Crippen molar-refractivity contribution in [1.82, 2.24) is 0 Å². The van der Waals surface area contributed by atoms with Crippen LogP contribution in [0.1, 0.15) is 26.7 Å². The lowest BCUT2D eigenvalue weighted by Crippen LogP contribution is -3.00. The van der Waals surface area contributed by atoms with Gasteiger partial charge in [0.1, 0.15) is 5.75 Å². The van der Waals surface area contributed by atoms with Crippen molar-refractivity contribution in [3.05, 3.63) is 18.2 Å². The number of nitrogens with zero attached hydrogens (tertiary/aromatic N) is 1. The SMILES string of the molecule is CCCCN(C(C)=O)c1cc(S(=O)(=O)O)ccc1OC.[Cl-]. The van der Waals surface area contributed by atoms with E-state index in [0.717, 1.165) is 12.8 Å². The molecule has 0 heterocycles. The molecule has 1 N–H and O–H groups in total. The Labute approximate surface area is 131 Å². The molecule has 0 bridgehead atoms. The van der Waals surface area contributed by atoms with Gasteiger partial charge in [-0.15, -0.1) is 0 Å². The van der Waals surface area contributed by atoms with E-state index in [2.05, 4.69) is 0 Å². The van der Waals surface area contributed by atoms with Crippen molar-refractivity contribution >= 4 is 21.7 Å². The van der Waals surface area contributed by atoms with Crippen molar-refractivity contribution in [1.29, 1.82) is 0 Å². The van der Waals surface area contributed by atoms with E-state index in [0.29, 0.717) is 18.0 Å². The molecule has 0 aliphatic rings. The molecule has 120 valence electrons. The Morgan fingerprint density at radius 2 is 2.00 bits per heavy atom. The topological polar surface area (TPSA) is 83.9 Å². The van der Waals surface area contributed by atoms with Crippen LogP contribution < -0.4 is 22.0 Å². The van der Waals surface area contributed by atoms with E-state index in [1.807, 2.05) is 6.92 Å². The minimum Gasteiger partial charge on any atom is -1.00 e. The number of ether oxygens (including phenoxy) is 1. The van der Waals surface area contributed by atoms with E-state index in [1.54, 1.807) is 0 Å². The van der Waals surface area contributed by atoms with Gasteiger partial charge in [0.25, 0.3) is 10.1 Å². The molecule has 1 amide bonds. The fourth-order valence-corrected chi connectivity index (χ4v) is 2.31. The highest BCUT2D eigenvalue weighted by molar-refractivity contribution is 7.85. The number of amides is 1. The standard InChI is InChI=1S/C13H19NO5S.ClH/c1-4-5-8-14(10(2)15)12-9-11(20(16,17)18)6-7-13(12)19-3;/h6-7,9H,4-5,8H2,1-3H3,(H,16,17,18);1H/p-1. The van der Waals surface area contributed by atoms with Gasteiger partial charge in [-0.1, -0.05) is 13.3 Å². The van der Waals surface area contributed by atoms with Crippen molar-refractivity contribution in [3.63, 3.8) is 0 Å². The summed E-state index contributed by atoms with van der Waals surface area (Å²) in [6.45, 7) is 3.84. The maximum absolute atomic E-state index is 11.7. The first-order valence-corrected chi connectivity index (χ1v) is 7.69. The summed E-state index contributed by atoms with van der Waals surface area (Å²) < 4.78 is 36.7. The van der Waals surface area contributed by atoms with Crippen LogP contribution in [0.5, 0.6) is 5.75 Å². The number of methoxy groups -OCH3 is 1. The van der Waals surface area contributed by atoms with E-state index in [1.165, 1.54) is 37.1 Å². The summed E-state index contributed by atoms with van der Waals surface area (Å²) in [5.41, 5.74) is 0.337. The number of carbonyl (C=O) groups excluding carboxylic acids is 1. The van der Waals surface area contributed by atoms with Gasteiger partial charge in [-0.25, -0.2) is 0 Å². The summed E-state index contributed by atoms with van der Waals surface area (Å²) in [6.07, 6.45) is 1.67. The molecular weight excluding hydrogens is 318 g/mol. The fourth-order valence-electron chi connectivity index (χ4n) is 1.80. The largest absolute Gasteiger partial charge is 1.00 e. The van der Waals surface area contributed by atoms with Crippen LogP contribution in [0.4, 0.5) is 5.69 Å². The Morgan fingerprint density at radius 3 is 2.43 bits per heavy atom. The molecule has 0 radical (unpaired) electrons. The van der Waals surface area contributed by atoms with Gasteiger partial charge in [-0.3, -0.25) is 9.35 Å². The van der Waals surface area contributed by atoms with Gasteiger partial charge in [-0.05, 0) is 24.6 Å². The van der Waals surface area contributed by atoms with Crippen molar-refractivity contribution < 1.29 is 34.9 Å². The summed E-state index contributed by atoms with van der Waals surface area (Å²) >= 11 is 0. The Morgan fingerprint density at radius 1 is 1.38 bits per heavy atom. The number of carbonyl (C=O) groups is 1. The minimum atomic E-state index is -4.32. The predicted molar refractivity (Wildman–Crippen MR) is 75.7 cm³/mol. The van der Waals surface area contributed by atoms with Crippen molar-refractivity contribution in [3.8, 4) is 5.75 Å². The van der Waals surface area contributed by atoms with Crippen molar-refractivity contribution in [2.24, 2.45) is 0 Å². The van der Waals surface area contributed by atoms with Crippen LogP contribution in [0.2, 0.25) is 0 Å². The summed E-state index contributed by atoms with van der Waals surface area (Å²) in [4.78, 5) is 12.9. The van der Waals surface area contributed by atoms with E-state index in [-0.39, 0.29) is 23.2 Å². The van der Waals surface area contributed by atoms with Gasteiger partial charge < -0.3 is 22.0 Å². The average molecular weight is 337 g/mol. The molecule has 0 aliphatic carbocycles. The summed E-state index contributed by atoms with van der Waals surface area (Å²) in [5, 5.41) is 0. The third kappa shape index (κ3) is 5.18. The maximum Gasteiger partial charge on any atom is 0.294 e. The first kappa shape index (κ1) is 19.7. The Kier molecular flexibility index (Phi) is 7.70. The van der Waals surface area contributed by atoms with Crippen LogP contribution in [0.3, 0.4) is 0 Å². The number of hydrogen-bond donors (Lipinski definition) is 1. The van der Waals surface area contributed by atoms with Gasteiger partial charge in [-0.2, -0.15) is 8.42 Å². The van der Waals surface area contributed by atoms with Gasteiger partial charge >= 0.3 is 0 Å². The number of rotatable bonds is 6. The highest BCUT2D eigenvalue weighted by atomic mass is 35.5. The van der Waals surface area contributed by atoms with Crippen LogP contribution in [0.25, 0.3) is 0 Å². The van der Waals surface area contributed by atoms with Gasteiger partial charge in [0, 0.05) is 13.5 Å². The molecule has 6 nitrogen and oxygen atoms in total. The zero-order chi connectivity index (χ0) is 15.3. The maximum atomic E-state index is 11.7. The second-order valence-corrected chi connectivity index (χ2v) is 5.75. The van der Waals surface area contributed by atoms with E-state index in [4.69, 9.17) is 9.29 Å². The second kappa shape index (κ2) is 8.21.